The molecule has 2 aromatic carbocycles. The summed E-state index contributed by atoms with van der Waals surface area (Å²) in [6.07, 6.45) is 3.19. The molecule has 1 heterocycles. The molecule has 0 aliphatic heterocycles. The van der Waals surface area contributed by atoms with E-state index in [-0.39, 0.29) is 6.54 Å². The standard InChI is InChI=1S/C24H28N2O5S/c1-4-6-7-14-31-18-11-8-10-17(15-18)23(28)25-24-26(16-21(27)29-3)22-19(30-5-2)12-9-13-20(22)32-24/h8-13,15H,4-7,14,16H2,1-3H3. The van der Waals surface area contributed by atoms with Crippen molar-refractivity contribution in [3.8, 4) is 11.5 Å². The fourth-order valence-corrected chi connectivity index (χ4v) is 4.25. The maximum absolute atomic E-state index is 13.0. The smallest absolute Gasteiger partial charge is 0.325 e. The van der Waals surface area contributed by atoms with Crippen LogP contribution in [0.2, 0.25) is 0 Å². The van der Waals surface area contributed by atoms with Gasteiger partial charge in [-0.3, -0.25) is 9.59 Å². The van der Waals surface area contributed by atoms with Crippen LogP contribution >= 0.6 is 11.3 Å². The fourth-order valence-electron chi connectivity index (χ4n) is 3.21. The average molecular weight is 457 g/mol. The maximum atomic E-state index is 13.0. The lowest BCUT2D eigenvalue weighted by Crippen LogP contribution is -2.22. The summed E-state index contributed by atoms with van der Waals surface area (Å²) < 4.78 is 18.9. The van der Waals surface area contributed by atoms with Crippen molar-refractivity contribution < 1.29 is 23.8 Å². The van der Waals surface area contributed by atoms with E-state index in [9.17, 15) is 9.59 Å². The van der Waals surface area contributed by atoms with Crippen LogP contribution in [0.3, 0.4) is 0 Å². The summed E-state index contributed by atoms with van der Waals surface area (Å²) in [5.74, 6) is 0.417. The van der Waals surface area contributed by atoms with E-state index in [2.05, 4.69) is 11.9 Å². The molecule has 3 aromatic rings. The Bertz CT molecular complexity index is 1150. The van der Waals surface area contributed by atoms with Crippen molar-refractivity contribution in [2.75, 3.05) is 20.3 Å². The number of thiazole rings is 1. The predicted octanol–water partition coefficient (Wildman–Crippen LogP) is 4.58. The molecule has 0 spiro atoms. The number of amides is 1. The van der Waals surface area contributed by atoms with E-state index in [0.717, 1.165) is 24.0 Å². The highest BCUT2D eigenvalue weighted by Crippen LogP contribution is 2.28. The zero-order valence-electron chi connectivity index (χ0n) is 18.6. The summed E-state index contributed by atoms with van der Waals surface area (Å²) in [4.78, 5) is 29.8. The largest absolute Gasteiger partial charge is 0.494 e. The molecule has 3 rings (SSSR count). The first-order chi connectivity index (χ1) is 15.6. The van der Waals surface area contributed by atoms with Gasteiger partial charge in [0.25, 0.3) is 5.91 Å². The third-order valence-corrected chi connectivity index (χ3v) is 5.82. The molecular weight excluding hydrogens is 428 g/mol. The van der Waals surface area contributed by atoms with Gasteiger partial charge in [-0.25, -0.2) is 0 Å². The van der Waals surface area contributed by atoms with Crippen molar-refractivity contribution in [3.05, 3.63) is 52.8 Å². The number of hydrogen-bond acceptors (Lipinski definition) is 6. The van der Waals surface area contributed by atoms with E-state index >= 15 is 0 Å². The van der Waals surface area contributed by atoms with Crippen molar-refractivity contribution in [2.45, 2.75) is 39.7 Å². The van der Waals surface area contributed by atoms with E-state index in [4.69, 9.17) is 14.2 Å². The minimum absolute atomic E-state index is 0.0761. The number of methoxy groups -OCH3 is 1. The number of carbonyl (C=O) groups excluding carboxylic acids is 2. The Morgan fingerprint density at radius 2 is 1.88 bits per heavy atom. The third kappa shape index (κ3) is 5.76. The van der Waals surface area contributed by atoms with Gasteiger partial charge in [-0.15, -0.1) is 0 Å². The van der Waals surface area contributed by atoms with Gasteiger partial charge in [0.05, 0.1) is 25.0 Å². The van der Waals surface area contributed by atoms with Crippen LogP contribution in [-0.2, 0) is 16.1 Å². The van der Waals surface area contributed by atoms with Gasteiger partial charge in [-0.2, -0.15) is 4.99 Å². The monoisotopic (exact) mass is 456 g/mol. The molecule has 1 aromatic heterocycles. The summed E-state index contributed by atoms with van der Waals surface area (Å²) >= 11 is 1.32. The molecule has 8 heteroatoms. The molecule has 0 fully saturated rings. The summed E-state index contributed by atoms with van der Waals surface area (Å²) in [5.41, 5.74) is 1.13. The van der Waals surface area contributed by atoms with Crippen LogP contribution in [-0.4, -0.2) is 36.8 Å². The second-order valence-corrected chi connectivity index (χ2v) is 8.09. The number of benzene rings is 2. The first-order valence-electron chi connectivity index (χ1n) is 10.7. The molecule has 0 aliphatic carbocycles. The second kappa shape index (κ2) is 11.5. The Balaban J connectivity index is 1.98. The zero-order valence-corrected chi connectivity index (χ0v) is 19.4. The highest BCUT2D eigenvalue weighted by atomic mass is 32.1. The van der Waals surface area contributed by atoms with Crippen molar-refractivity contribution in [3.63, 3.8) is 0 Å². The third-order valence-electron chi connectivity index (χ3n) is 4.77. The van der Waals surface area contributed by atoms with Gasteiger partial charge < -0.3 is 18.8 Å². The molecule has 0 unspecified atom stereocenters. The van der Waals surface area contributed by atoms with Crippen LogP contribution in [0, 0.1) is 0 Å². The molecule has 0 saturated heterocycles. The number of fused-ring (bicyclic) bond motifs is 1. The SMILES string of the molecule is CCCCCOc1cccc(C(=O)N=c2sc3cccc(OCC)c3n2CC(=O)OC)c1. The quantitative estimate of drug-likeness (QED) is 0.329. The molecule has 7 nitrogen and oxygen atoms in total. The molecule has 0 saturated carbocycles. The number of aromatic nitrogens is 1. The Labute approximate surface area is 191 Å². The second-order valence-electron chi connectivity index (χ2n) is 7.08. The zero-order chi connectivity index (χ0) is 22.9. The van der Waals surface area contributed by atoms with Crippen LogP contribution in [0.15, 0.2) is 47.5 Å². The maximum Gasteiger partial charge on any atom is 0.325 e. The van der Waals surface area contributed by atoms with Crippen molar-refractivity contribution in [1.29, 1.82) is 0 Å². The number of unbranched alkanes of at least 4 members (excludes halogenated alkanes) is 2. The molecular formula is C24H28N2O5S. The van der Waals surface area contributed by atoms with Crippen LogP contribution in [0.4, 0.5) is 0 Å². The molecule has 0 atom stereocenters. The Kier molecular flexibility index (Phi) is 8.44. The number of hydrogen-bond donors (Lipinski definition) is 0. The van der Waals surface area contributed by atoms with Crippen LogP contribution in [0.1, 0.15) is 43.5 Å². The van der Waals surface area contributed by atoms with Crippen molar-refractivity contribution in [1.82, 2.24) is 4.57 Å². The summed E-state index contributed by atoms with van der Waals surface area (Å²) in [6, 6.07) is 12.6. The van der Waals surface area contributed by atoms with Crippen molar-refractivity contribution in [2.24, 2.45) is 4.99 Å². The minimum atomic E-state index is -0.438. The van der Waals surface area contributed by atoms with E-state index < -0.39 is 11.9 Å². The Morgan fingerprint density at radius 3 is 2.62 bits per heavy atom. The lowest BCUT2D eigenvalue weighted by atomic mass is 10.2. The van der Waals surface area contributed by atoms with Crippen molar-refractivity contribution >= 4 is 33.4 Å². The molecule has 0 bridgehead atoms. The van der Waals surface area contributed by atoms with Crippen LogP contribution < -0.4 is 14.3 Å². The number of carbonyl (C=O) groups is 2. The molecule has 1 amide bonds. The summed E-state index contributed by atoms with van der Waals surface area (Å²) in [6.45, 7) is 5.04. The molecule has 0 radical (unpaired) electrons. The number of para-hydroxylation sites is 1. The van der Waals surface area contributed by atoms with Gasteiger partial charge in [-0.1, -0.05) is 43.2 Å². The molecule has 0 aliphatic rings. The van der Waals surface area contributed by atoms with Crippen LogP contribution in [0.25, 0.3) is 10.2 Å². The molecule has 170 valence electrons. The molecule has 32 heavy (non-hydrogen) atoms. The fraction of sp³-hybridized carbons (Fsp3) is 0.375. The van der Waals surface area contributed by atoms with Gasteiger partial charge in [0, 0.05) is 5.56 Å². The first-order valence-corrected chi connectivity index (χ1v) is 11.5. The van der Waals surface area contributed by atoms with Gasteiger partial charge in [0.15, 0.2) is 4.80 Å². The normalized spacial score (nSPS) is 11.5. The highest BCUT2D eigenvalue weighted by molar-refractivity contribution is 7.16. The van der Waals surface area contributed by atoms with E-state index in [1.165, 1.54) is 18.4 Å². The van der Waals surface area contributed by atoms with E-state index in [0.29, 0.717) is 40.6 Å². The lowest BCUT2D eigenvalue weighted by Gasteiger charge is -2.09. The van der Waals surface area contributed by atoms with Gasteiger partial charge >= 0.3 is 5.97 Å². The number of rotatable bonds is 10. The summed E-state index contributed by atoms with van der Waals surface area (Å²) in [7, 11) is 1.33. The number of nitrogens with zero attached hydrogens (tertiary/aromatic N) is 2. The summed E-state index contributed by atoms with van der Waals surface area (Å²) in [5, 5.41) is 0. The predicted molar refractivity (Wildman–Crippen MR) is 124 cm³/mol. The number of ether oxygens (including phenoxy) is 3. The highest BCUT2D eigenvalue weighted by Gasteiger charge is 2.16. The van der Waals surface area contributed by atoms with Gasteiger partial charge in [-0.05, 0) is 43.7 Å². The average Bonchev–Trinajstić information content (AvgIpc) is 3.14. The minimum Gasteiger partial charge on any atom is -0.494 e. The van der Waals surface area contributed by atoms with Gasteiger partial charge in [0.2, 0.25) is 0 Å². The first kappa shape index (κ1) is 23.5. The van der Waals surface area contributed by atoms with E-state index in [1.54, 1.807) is 22.8 Å². The van der Waals surface area contributed by atoms with Crippen LogP contribution in [0.5, 0.6) is 11.5 Å². The van der Waals surface area contributed by atoms with Gasteiger partial charge in [0.1, 0.15) is 23.6 Å². The topological polar surface area (TPSA) is 79.1 Å². The Hall–Kier alpha value is -3.13. The van der Waals surface area contributed by atoms with E-state index in [1.807, 2.05) is 31.2 Å². The molecule has 0 N–H and O–H groups in total. The number of esters is 1. The lowest BCUT2D eigenvalue weighted by molar-refractivity contribution is -0.141. The Morgan fingerprint density at radius 1 is 1.06 bits per heavy atom.